The molecule has 0 saturated carbocycles. The van der Waals surface area contributed by atoms with Crippen molar-refractivity contribution in [3.63, 3.8) is 0 Å². The SMILES string of the molecule is O=C(O)c1cccc2nnnc(C(=O)O)c12. The van der Waals surface area contributed by atoms with Crippen molar-refractivity contribution in [1.29, 1.82) is 0 Å². The molecule has 0 saturated heterocycles. The first-order chi connectivity index (χ1) is 7.61. The van der Waals surface area contributed by atoms with Gasteiger partial charge in [0.2, 0.25) is 0 Å². The van der Waals surface area contributed by atoms with Crippen molar-refractivity contribution in [2.45, 2.75) is 0 Å². The Hall–Kier alpha value is -2.57. The Balaban J connectivity index is 2.92. The molecule has 0 unspecified atom stereocenters. The highest BCUT2D eigenvalue weighted by molar-refractivity contribution is 6.10. The average Bonchev–Trinajstić information content (AvgIpc) is 2.27. The molecule has 0 spiro atoms. The van der Waals surface area contributed by atoms with Gasteiger partial charge in [-0.15, -0.1) is 10.2 Å². The normalized spacial score (nSPS) is 10.2. The van der Waals surface area contributed by atoms with E-state index in [1.54, 1.807) is 0 Å². The van der Waals surface area contributed by atoms with Gasteiger partial charge in [0.15, 0.2) is 5.69 Å². The third-order valence-corrected chi connectivity index (χ3v) is 2.01. The molecular formula is C9H5N3O4. The third kappa shape index (κ3) is 1.44. The van der Waals surface area contributed by atoms with Crippen molar-refractivity contribution in [3.05, 3.63) is 29.5 Å². The molecule has 0 atom stereocenters. The van der Waals surface area contributed by atoms with Crippen LogP contribution >= 0.6 is 0 Å². The van der Waals surface area contributed by atoms with Crippen LogP contribution in [0.4, 0.5) is 0 Å². The van der Waals surface area contributed by atoms with E-state index in [0.29, 0.717) is 0 Å². The van der Waals surface area contributed by atoms with Crippen LogP contribution in [0.15, 0.2) is 18.2 Å². The fourth-order valence-corrected chi connectivity index (χ4v) is 1.37. The molecule has 2 N–H and O–H groups in total. The van der Waals surface area contributed by atoms with Crippen LogP contribution in [-0.2, 0) is 0 Å². The predicted molar refractivity (Wildman–Crippen MR) is 51.3 cm³/mol. The monoisotopic (exact) mass is 219 g/mol. The number of carboxylic acid groups (broad SMARTS) is 2. The molecule has 1 aromatic carbocycles. The van der Waals surface area contributed by atoms with Crippen molar-refractivity contribution in [1.82, 2.24) is 15.4 Å². The quantitative estimate of drug-likeness (QED) is 0.752. The van der Waals surface area contributed by atoms with E-state index in [1.807, 2.05) is 0 Å². The van der Waals surface area contributed by atoms with Gasteiger partial charge in [0.1, 0.15) is 0 Å². The zero-order valence-corrected chi connectivity index (χ0v) is 7.78. The Morgan fingerprint density at radius 1 is 1.06 bits per heavy atom. The molecule has 0 aliphatic rings. The van der Waals surface area contributed by atoms with Crippen molar-refractivity contribution in [2.24, 2.45) is 0 Å². The minimum Gasteiger partial charge on any atom is -0.478 e. The van der Waals surface area contributed by atoms with E-state index in [-0.39, 0.29) is 16.5 Å². The van der Waals surface area contributed by atoms with Crippen molar-refractivity contribution >= 4 is 22.8 Å². The highest BCUT2D eigenvalue weighted by Crippen LogP contribution is 2.19. The van der Waals surface area contributed by atoms with Gasteiger partial charge < -0.3 is 10.2 Å². The number of hydrogen-bond donors (Lipinski definition) is 2. The molecule has 1 aromatic heterocycles. The Morgan fingerprint density at radius 3 is 2.44 bits per heavy atom. The lowest BCUT2D eigenvalue weighted by molar-refractivity contribution is 0.0690. The number of rotatable bonds is 2. The number of aromatic nitrogens is 3. The molecule has 0 radical (unpaired) electrons. The van der Waals surface area contributed by atoms with Gasteiger partial charge in [0.25, 0.3) is 0 Å². The zero-order valence-electron chi connectivity index (χ0n) is 7.78. The second kappa shape index (κ2) is 3.54. The smallest absolute Gasteiger partial charge is 0.357 e. The third-order valence-electron chi connectivity index (χ3n) is 2.01. The molecular weight excluding hydrogens is 214 g/mol. The lowest BCUT2D eigenvalue weighted by Crippen LogP contribution is -2.08. The van der Waals surface area contributed by atoms with Gasteiger partial charge >= 0.3 is 11.9 Å². The highest BCUT2D eigenvalue weighted by Gasteiger charge is 2.18. The molecule has 16 heavy (non-hydrogen) atoms. The number of benzene rings is 1. The van der Waals surface area contributed by atoms with Crippen LogP contribution in [0.25, 0.3) is 10.9 Å². The summed E-state index contributed by atoms with van der Waals surface area (Å²) in [5, 5.41) is 27.9. The van der Waals surface area contributed by atoms with Gasteiger partial charge in [-0.3, -0.25) is 0 Å². The molecule has 1 heterocycles. The Kier molecular flexibility index (Phi) is 2.20. The van der Waals surface area contributed by atoms with Crippen LogP contribution in [0, 0.1) is 0 Å². The van der Waals surface area contributed by atoms with Gasteiger partial charge in [0, 0.05) is 0 Å². The highest BCUT2D eigenvalue weighted by atomic mass is 16.4. The number of nitrogens with zero attached hydrogens (tertiary/aromatic N) is 3. The van der Waals surface area contributed by atoms with E-state index in [2.05, 4.69) is 15.4 Å². The van der Waals surface area contributed by atoms with Crippen molar-refractivity contribution in [2.75, 3.05) is 0 Å². The fraction of sp³-hybridized carbons (Fsp3) is 0. The molecule has 80 valence electrons. The number of aromatic carboxylic acids is 2. The summed E-state index contributed by atoms with van der Waals surface area (Å²) in [6.45, 7) is 0. The maximum Gasteiger partial charge on any atom is 0.357 e. The second-order valence-corrected chi connectivity index (χ2v) is 2.95. The Bertz CT molecular complexity index is 548. The first-order valence-corrected chi connectivity index (χ1v) is 4.20. The first-order valence-electron chi connectivity index (χ1n) is 4.20. The molecule has 0 aliphatic carbocycles. The van der Waals surface area contributed by atoms with Crippen LogP contribution < -0.4 is 0 Å². The summed E-state index contributed by atoms with van der Waals surface area (Å²) in [6.07, 6.45) is 0. The molecule has 7 nitrogen and oxygen atoms in total. The van der Waals surface area contributed by atoms with Gasteiger partial charge in [-0.2, -0.15) is 0 Å². The van der Waals surface area contributed by atoms with Crippen molar-refractivity contribution in [3.8, 4) is 0 Å². The van der Waals surface area contributed by atoms with Crippen LogP contribution in [-0.4, -0.2) is 37.6 Å². The minimum absolute atomic E-state index is 0.0162. The molecule has 0 bridgehead atoms. The van der Waals surface area contributed by atoms with Crippen LogP contribution in [0.2, 0.25) is 0 Å². The number of carboxylic acids is 2. The average molecular weight is 219 g/mol. The number of fused-ring (bicyclic) bond motifs is 1. The van der Waals surface area contributed by atoms with Gasteiger partial charge in [0.05, 0.1) is 16.5 Å². The van der Waals surface area contributed by atoms with Crippen LogP contribution in [0.3, 0.4) is 0 Å². The standard InChI is InChI=1S/C9H5N3O4/c13-8(14)4-2-1-3-5-6(4)7(9(15)16)11-12-10-5/h1-3H,(H,13,14)(H,15,16). The van der Waals surface area contributed by atoms with Gasteiger partial charge in [-0.1, -0.05) is 6.07 Å². The zero-order chi connectivity index (χ0) is 11.7. The number of carbonyl (C=O) groups is 2. The molecule has 0 aliphatic heterocycles. The first kappa shape index (κ1) is 9.97. The van der Waals surface area contributed by atoms with Crippen LogP contribution in [0.1, 0.15) is 20.8 Å². The second-order valence-electron chi connectivity index (χ2n) is 2.95. The maximum absolute atomic E-state index is 10.9. The summed E-state index contributed by atoms with van der Waals surface area (Å²) < 4.78 is 0. The van der Waals surface area contributed by atoms with E-state index in [0.717, 1.165) is 0 Å². The maximum atomic E-state index is 10.9. The summed E-state index contributed by atoms with van der Waals surface area (Å²) in [5.74, 6) is -2.57. The van der Waals surface area contributed by atoms with Crippen LogP contribution in [0.5, 0.6) is 0 Å². The topological polar surface area (TPSA) is 113 Å². The van der Waals surface area contributed by atoms with E-state index in [1.165, 1.54) is 18.2 Å². The molecule has 2 aromatic rings. The largest absolute Gasteiger partial charge is 0.478 e. The van der Waals surface area contributed by atoms with E-state index >= 15 is 0 Å². The molecule has 0 amide bonds. The summed E-state index contributed by atoms with van der Waals surface area (Å²) in [4.78, 5) is 21.8. The summed E-state index contributed by atoms with van der Waals surface area (Å²) in [5.41, 5.74) is -0.382. The van der Waals surface area contributed by atoms with E-state index < -0.39 is 17.6 Å². The lowest BCUT2D eigenvalue weighted by Gasteiger charge is -2.02. The lowest BCUT2D eigenvalue weighted by atomic mass is 10.1. The minimum atomic E-state index is -1.34. The van der Waals surface area contributed by atoms with Gasteiger partial charge in [-0.25, -0.2) is 9.59 Å². The molecule has 7 heteroatoms. The summed E-state index contributed by atoms with van der Waals surface area (Å²) >= 11 is 0. The number of hydrogen-bond acceptors (Lipinski definition) is 5. The molecule has 2 rings (SSSR count). The Morgan fingerprint density at radius 2 is 1.81 bits per heavy atom. The van der Waals surface area contributed by atoms with E-state index in [4.69, 9.17) is 10.2 Å². The van der Waals surface area contributed by atoms with Crippen molar-refractivity contribution < 1.29 is 19.8 Å². The summed E-state index contributed by atoms with van der Waals surface area (Å²) in [7, 11) is 0. The van der Waals surface area contributed by atoms with Gasteiger partial charge in [-0.05, 0) is 17.3 Å². The Labute approximate surface area is 88.4 Å². The van der Waals surface area contributed by atoms with E-state index in [9.17, 15) is 9.59 Å². The summed E-state index contributed by atoms with van der Waals surface area (Å²) in [6, 6.07) is 4.23. The predicted octanol–water partition coefficient (Wildman–Crippen LogP) is 0.421. The molecule has 0 fully saturated rings. The fourth-order valence-electron chi connectivity index (χ4n) is 1.37.